The van der Waals surface area contributed by atoms with Crippen molar-refractivity contribution in [2.45, 2.75) is 32.4 Å². The number of nitrogens with one attached hydrogen (secondary N) is 1. The molecule has 1 heterocycles. The van der Waals surface area contributed by atoms with Crippen molar-refractivity contribution in [2.24, 2.45) is 0 Å². The predicted octanol–water partition coefficient (Wildman–Crippen LogP) is 1.05. The third-order valence-electron chi connectivity index (χ3n) is 2.97. The minimum absolute atomic E-state index is 0.816. The first-order chi connectivity index (χ1) is 7.90. The van der Waals surface area contributed by atoms with Gasteiger partial charge in [0, 0.05) is 44.3 Å². The molecule has 0 aromatic carbocycles. The van der Waals surface area contributed by atoms with Crippen LogP contribution in [0.2, 0.25) is 0 Å². The van der Waals surface area contributed by atoms with Gasteiger partial charge in [0.25, 0.3) is 0 Å². The first kappa shape index (κ1) is 11.5. The lowest BCUT2D eigenvalue weighted by Crippen LogP contribution is -2.33. The van der Waals surface area contributed by atoms with Crippen molar-refractivity contribution in [3.8, 4) is 0 Å². The van der Waals surface area contributed by atoms with Crippen LogP contribution >= 0.6 is 0 Å². The number of hydrogen-bond acceptors (Lipinski definition) is 4. The number of likely N-dealkylation sites (N-methyl/N-ethyl adjacent to an activating group) is 1. The summed E-state index contributed by atoms with van der Waals surface area (Å²) in [6.45, 7) is 6.39. The lowest BCUT2D eigenvalue weighted by molar-refractivity contribution is 0.277. The van der Waals surface area contributed by atoms with E-state index in [0.717, 1.165) is 37.9 Å². The Hall–Kier alpha value is -1.00. The fourth-order valence-corrected chi connectivity index (χ4v) is 1.90. The van der Waals surface area contributed by atoms with E-state index in [1.807, 2.05) is 6.20 Å². The molecule has 1 fully saturated rings. The van der Waals surface area contributed by atoms with E-state index >= 15 is 0 Å². The summed E-state index contributed by atoms with van der Waals surface area (Å²) in [7, 11) is 0. The van der Waals surface area contributed by atoms with Crippen LogP contribution in [0.15, 0.2) is 18.6 Å². The molecule has 0 aliphatic heterocycles. The molecular weight excluding hydrogens is 200 g/mol. The van der Waals surface area contributed by atoms with Gasteiger partial charge in [0.2, 0.25) is 0 Å². The number of hydrogen-bond donors (Lipinski definition) is 1. The summed E-state index contributed by atoms with van der Waals surface area (Å²) < 4.78 is 0. The highest BCUT2D eigenvalue weighted by Gasteiger charge is 2.26. The minimum Gasteiger partial charge on any atom is -0.310 e. The molecule has 4 nitrogen and oxygen atoms in total. The summed E-state index contributed by atoms with van der Waals surface area (Å²) in [6.07, 6.45) is 8.02. The smallest absolute Gasteiger partial charge is 0.0724 e. The molecule has 4 heteroatoms. The van der Waals surface area contributed by atoms with E-state index in [0.29, 0.717) is 0 Å². The van der Waals surface area contributed by atoms with E-state index in [9.17, 15) is 0 Å². The first-order valence-electron chi connectivity index (χ1n) is 6.10. The van der Waals surface area contributed by atoms with Gasteiger partial charge in [-0.1, -0.05) is 6.92 Å². The SMILES string of the molecule is CCN(CCNCc1cnccn1)C1CC1. The second kappa shape index (κ2) is 5.92. The van der Waals surface area contributed by atoms with Crippen molar-refractivity contribution in [3.63, 3.8) is 0 Å². The van der Waals surface area contributed by atoms with Gasteiger partial charge in [-0.15, -0.1) is 0 Å². The molecule has 16 heavy (non-hydrogen) atoms. The maximum Gasteiger partial charge on any atom is 0.0724 e. The highest BCUT2D eigenvalue weighted by Crippen LogP contribution is 2.25. The van der Waals surface area contributed by atoms with E-state index in [4.69, 9.17) is 0 Å². The minimum atomic E-state index is 0.816. The summed E-state index contributed by atoms with van der Waals surface area (Å²) in [5.74, 6) is 0. The second-order valence-corrected chi connectivity index (χ2v) is 4.23. The molecule has 0 saturated heterocycles. The van der Waals surface area contributed by atoms with E-state index in [1.54, 1.807) is 12.4 Å². The Morgan fingerprint density at radius 3 is 2.94 bits per heavy atom. The Bertz CT molecular complexity index is 297. The van der Waals surface area contributed by atoms with Gasteiger partial charge >= 0.3 is 0 Å². The Morgan fingerprint density at radius 2 is 2.31 bits per heavy atom. The van der Waals surface area contributed by atoms with Crippen LogP contribution in [-0.2, 0) is 6.54 Å². The molecule has 1 aromatic rings. The third-order valence-corrected chi connectivity index (χ3v) is 2.97. The average Bonchev–Trinajstić information content (AvgIpc) is 3.15. The zero-order chi connectivity index (χ0) is 11.2. The normalized spacial score (nSPS) is 15.6. The molecule has 1 N–H and O–H groups in total. The summed E-state index contributed by atoms with van der Waals surface area (Å²) in [4.78, 5) is 10.8. The maximum atomic E-state index is 4.22. The van der Waals surface area contributed by atoms with Crippen molar-refractivity contribution in [1.82, 2.24) is 20.2 Å². The molecule has 0 amide bonds. The molecule has 0 radical (unpaired) electrons. The molecule has 1 aliphatic carbocycles. The zero-order valence-electron chi connectivity index (χ0n) is 9.89. The Balaban J connectivity index is 1.61. The predicted molar refractivity (Wildman–Crippen MR) is 64.0 cm³/mol. The average molecular weight is 220 g/mol. The van der Waals surface area contributed by atoms with Crippen LogP contribution in [0.5, 0.6) is 0 Å². The highest BCUT2D eigenvalue weighted by atomic mass is 15.2. The van der Waals surface area contributed by atoms with Crippen LogP contribution < -0.4 is 5.32 Å². The summed E-state index contributed by atoms with van der Waals surface area (Å²) in [5.41, 5.74) is 1.01. The molecule has 0 unspecified atom stereocenters. The molecule has 0 spiro atoms. The number of rotatable bonds is 7. The van der Waals surface area contributed by atoms with Crippen molar-refractivity contribution < 1.29 is 0 Å². The van der Waals surface area contributed by atoms with E-state index in [2.05, 4.69) is 27.1 Å². The van der Waals surface area contributed by atoms with Crippen LogP contribution in [0, 0.1) is 0 Å². The van der Waals surface area contributed by atoms with Gasteiger partial charge in [-0.05, 0) is 19.4 Å². The monoisotopic (exact) mass is 220 g/mol. The lowest BCUT2D eigenvalue weighted by Gasteiger charge is -2.19. The van der Waals surface area contributed by atoms with Crippen molar-refractivity contribution in [1.29, 1.82) is 0 Å². The summed E-state index contributed by atoms with van der Waals surface area (Å²) in [5, 5.41) is 3.40. The Labute approximate surface area is 97.1 Å². The molecule has 1 saturated carbocycles. The van der Waals surface area contributed by atoms with Crippen LogP contribution in [0.3, 0.4) is 0 Å². The van der Waals surface area contributed by atoms with Crippen LogP contribution in [0.4, 0.5) is 0 Å². The second-order valence-electron chi connectivity index (χ2n) is 4.23. The van der Waals surface area contributed by atoms with E-state index < -0.39 is 0 Å². The van der Waals surface area contributed by atoms with Gasteiger partial charge in [-0.3, -0.25) is 14.9 Å². The Morgan fingerprint density at radius 1 is 1.44 bits per heavy atom. The van der Waals surface area contributed by atoms with Gasteiger partial charge in [-0.25, -0.2) is 0 Å². The number of nitrogens with zero attached hydrogens (tertiary/aromatic N) is 3. The quantitative estimate of drug-likeness (QED) is 0.697. The first-order valence-corrected chi connectivity index (χ1v) is 6.10. The molecular formula is C12H20N4. The third kappa shape index (κ3) is 3.54. The van der Waals surface area contributed by atoms with Crippen LogP contribution in [0.1, 0.15) is 25.5 Å². The van der Waals surface area contributed by atoms with Crippen LogP contribution in [0.25, 0.3) is 0 Å². The van der Waals surface area contributed by atoms with E-state index in [1.165, 1.54) is 12.8 Å². The number of aromatic nitrogens is 2. The Kier molecular flexibility index (Phi) is 4.25. The highest BCUT2D eigenvalue weighted by molar-refractivity contribution is 4.93. The fourth-order valence-electron chi connectivity index (χ4n) is 1.90. The lowest BCUT2D eigenvalue weighted by atomic mass is 10.4. The van der Waals surface area contributed by atoms with Gasteiger partial charge < -0.3 is 5.32 Å². The maximum absolute atomic E-state index is 4.22. The summed E-state index contributed by atoms with van der Waals surface area (Å²) in [6, 6.07) is 0.864. The van der Waals surface area contributed by atoms with Crippen LogP contribution in [-0.4, -0.2) is 40.5 Å². The molecule has 0 bridgehead atoms. The van der Waals surface area contributed by atoms with E-state index in [-0.39, 0.29) is 0 Å². The van der Waals surface area contributed by atoms with Crippen molar-refractivity contribution in [2.75, 3.05) is 19.6 Å². The molecule has 1 aromatic heterocycles. The van der Waals surface area contributed by atoms with Crippen molar-refractivity contribution in [3.05, 3.63) is 24.3 Å². The fraction of sp³-hybridized carbons (Fsp3) is 0.667. The van der Waals surface area contributed by atoms with Gasteiger partial charge in [-0.2, -0.15) is 0 Å². The largest absolute Gasteiger partial charge is 0.310 e. The van der Waals surface area contributed by atoms with Crippen molar-refractivity contribution >= 4 is 0 Å². The molecule has 88 valence electrons. The van der Waals surface area contributed by atoms with Gasteiger partial charge in [0.1, 0.15) is 0 Å². The van der Waals surface area contributed by atoms with Gasteiger partial charge in [0.15, 0.2) is 0 Å². The molecule has 0 atom stereocenters. The standard InChI is InChI=1S/C12H20N4/c1-2-16(12-3-4-12)8-7-14-10-11-9-13-5-6-15-11/h5-6,9,12,14H,2-4,7-8,10H2,1H3. The zero-order valence-corrected chi connectivity index (χ0v) is 9.89. The summed E-state index contributed by atoms with van der Waals surface area (Å²) >= 11 is 0. The molecule has 1 aliphatic rings. The van der Waals surface area contributed by atoms with Gasteiger partial charge in [0.05, 0.1) is 5.69 Å². The topological polar surface area (TPSA) is 41.0 Å². The molecule has 2 rings (SSSR count).